The van der Waals surface area contributed by atoms with Crippen LogP contribution in [0.3, 0.4) is 0 Å². The number of hydrogen-bond acceptors (Lipinski definition) is 5. The number of rotatable bonds is 6. The minimum absolute atomic E-state index is 0.234. The Hall–Kier alpha value is -2.41. The number of nitrogens with one attached hydrogen (secondary N) is 1. The van der Waals surface area contributed by atoms with E-state index in [0.717, 1.165) is 37.3 Å². The number of nitrogens with zero attached hydrogens (tertiary/aromatic N) is 2. The Morgan fingerprint density at radius 3 is 2.43 bits per heavy atom. The third-order valence-electron chi connectivity index (χ3n) is 5.03. The second-order valence-electron chi connectivity index (χ2n) is 7.33. The van der Waals surface area contributed by atoms with Gasteiger partial charge in [-0.2, -0.15) is 0 Å². The van der Waals surface area contributed by atoms with Gasteiger partial charge in [-0.3, -0.25) is 4.79 Å². The number of amides is 1. The Bertz CT molecular complexity index is 918. The number of sulfone groups is 1. The predicted molar refractivity (Wildman–Crippen MR) is 110 cm³/mol. The lowest BCUT2D eigenvalue weighted by Crippen LogP contribution is -2.32. The molecule has 1 amide bonds. The molecule has 28 heavy (non-hydrogen) atoms. The number of carbonyl (C=O) groups is 1. The van der Waals surface area contributed by atoms with Crippen molar-refractivity contribution in [3.8, 4) is 0 Å². The smallest absolute Gasteiger partial charge is 0.251 e. The van der Waals surface area contributed by atoms with E-state index in [1.807, 2.05) is 12.1 Å². The van der Waals surface area contributed by atoms with Crippen LogP contribution in [-0.4, -0.2) is 37.6 Å². The Kier molecular flexibility index (Phi) is 6.34. The van der Waals surface area contributed by atoms with Crippen LogP contribution in [0.5, 0.6) is 0 Å². The lowest BCUT2D eigenvalue weighted by atomic mass is 10.1. The highest BCUT2D eigenvalue weighted by molar-refractivity contribution is 7.92. The van der Waals surface area contributed by atoms with E-state index in [-0.39, 0.29) is 10.8 Å². The normalized spacial score (nSPS) is 14.9. The number of aromatic nitrogens is 1. The molecule has 1 fully saturated rings. The zero-order chi connectivity index (χ0) is 20.1. The second-order valence-corrected chi connectivity index (χ2v) is 9.84. The van der Waals surface area contributed by atoms with Crippen LogP contribution in [0, 0.1) is 0 Å². The summed E-state index contributed by atoms with van der Waals surface area (Å²) in [5, 5.41) is 2.43. The van der Waals surface area contributed by atoms with Gasteiger partial charge in [-0.15, -0.1) is 0 Å². The summed E-state index contributed by atoms with van der Waals surface area (Å²) in [6, 6.07) is 9.95. The van der Waals surface area contributed by atoms with Crippen LogP contribution < -0.4 is 10.2 Å². The van der Waals surface area contributed by atoms with Crippen LogP contribution in [-0.2, 0) is 16.4 Å². The molecule has 2 heterocycles. The number of piperidine rings is 1. The summed E-state index contributed by atoms with van der Waals surface area (Å²) in [6.07, 6.45) is 5.35. The van der Waals surface area contributed by atoms with Crippen LogP contribution in [0.15, 0.2) is 47.5 Å². The highest BCUT2D eigenvalue weighted by Crippen LogP contribution is 2.22. The van der Waals surface area contributed by atoms with Crippen molar-refractivity contribution < 1.29 is 13.2 Å². The maximum absolute atomic E-state index is 12.5. The average molecular weight is 402 g/mol. The number of anilines is 1. The Balaban J connectivity index is 1.68. The van der Waals surface area contributed by atoms with E-state index in [2.05, 4.69) is 15.2 Å². The molecule has 1 aromatic heterocycles. The molecule has 0 radical (unpaired) electrons. The zero-order valence-electron chi connectivity index (χ0n) is 16.4. The molecule has 2 aromatic rings. The fraction of sp³-hybridized carbons (Fsp3) is 0.429. The Morgan fingerprint density at radius 2 is 1.79 bits per heavy atom. The van der Waals surface area contributed by atoms with Gasteiger partial charge in [-0.05, 0) is 63.4 Å². The molecule has 1 N–H and O–H groups in total. The first-order valence-electron chi connectivity index (χ1n) is 9.70. The lowest BCUT2D eigenvalue weighted by molar-refractivity contribution is 0.0951. The minimum atomic E-state index is -3.34. The van der Waals surface area contributed by atoms with E-state index in [9.17, 15) is 13.2 Å². The van der Waals surface area contributed by atoms with E-state index in [4.69, 9.17) is 0 Å². The molecule has 0 atom stereocenters. The average Bonchev–Trinajstić information content (AvgIpc) is 2.73. The highest BCUT2D eigenvalue weighted by Gasteiger charge is 2.20. The third-order valence-corrected chi connectivity index (χ3v) is 7.20. The van der Waals surface area contributed by atoms with E-state index >= 15 is 0 Å². The van der Waals surface area contributed by atoms with Gasteiger partial charge in [0.05, 0.1) is 10.1 Å². The van der Waals surface area contributed by atoms with E-state index in [1.165, 1.54) is 18.6 Å². The largest absolute Gasteiger partial charge is 0.356 e. The fourth-order valence-electron chi connectivity index (χ4n) is 3.30. The molecule has 0 spiro atoms. The number of hydrogen-bond donors (Lipinski definition) is 1. The fourth-order valence-corrected chi connectivity index (χ4v) is 4.36. The molecule has 0 saturated carbocycles. The zero-order valence-corrected chi connectivity index (χ0v) is 17.2. The van der Waals surface area contributed by atoms with Crippen LogP contribution in [0.25, 0.3) is 0 Å². The molecule has 1 aliphatic heterocycles. The summed E-state index contributed by atoms with van der Waals surface area (Å²) in [4.78, 5) is 19.5. The van der Waals surface area contributed by atoms with Crippen LogP contribution in [0.1, 0.15) is 49.0 Å². The first kappa shape index (κ1) is 20.3. The molecule has 1 aromatic carbocycles. The Labute approximate surface area is 166 Å². The van der Waals surface area contributed by atoms with Crippen LogP contribution in [0.2, 0.25) is 0 Å². The van der Waals surface area contributed by atoms with Crippen LogP contribution >= 0.6 is 0 Å². The van der Waals surface area contributed by atoms with Gasteiger partial charge >= 0.3 is 0 Å². The van der Waals surface area contributed by atoms with Crippen molar-refractivity contribution in [2.24, 2.45) is 0 Å². The van der Waals surface area contributed by atoms with Gasteiger partial charge in [0.2, 0.25) is 0 Å². The predicted octanol–water partition coefficient (Wildman–Crippen LogP) is 3.18. The molecule has 150 valence electrons. The maximum Gasteiger partial charge on any atom is 0.251 e. The summed E-state index contributed by atoms with van der Waals surface area (Å²) in [5.74, 6) is 0.697. The summed E-state index contributed by atoms with van der Waals surface area (Å²) < 4.78 is 24.4. The molecule has 3 rings (SSSR count). The van der Waals surface area contributed by atoms with Crippen molar-refractivity contribution in [2.45, 2.75) is 49.8 Å². The van der Waals surface area contributed by atoms with E-state index in [0.29, 0.717) is 12.1 Å². The SMILES string of the molecule is CC(C)S(=O)(=O)c1ccc(C(=O)NCc2cccnc2N2CCCCC2)cc1. The third kappa shape index (κ3) is 4.52. The van der Waals surface area contributed by atoms with E-state index in [1.54, 1.807) is 32.2 Å². The first-order valence-corrected chi connectivity index (χ1v) is 11.2. The van der Waals surface area contributed by atoms with Crippen molar-refractivity contribution in [3.63, 3.8) is 0 Å². The molecule has 0 aliphatic carbocycles. The number of pyridine rings is 1. The molecule has 1 saturated heterocycles. The molecule has 0 unspecified atom stereocenters. The number of benzene rings is 1. The van der Waals surface area contributed by atoms with Gasteiger partial charge in [0.15, 0.2) is 9.84 Å². The van der Waals surface area contributed by atoms with Gasteiger partial charge in [-0.25, -0.2) is 13.4 Å². The minimum Gasteiger partial charge on any atom is -0.356 e. The lowest BCUT2D eigenvalue weighted by Gasteiger charge is -2.29. The topological polar surface area (TPSA) is 79.4 Å². The van der Waals surface area contributed by atoms with E-state index < -0.39 is 15.1 Å². The van der Waals surface area contributed by atoms with Crippen molar-refractivity contribution in [2.75, 3.05) is 18.0 Å². The monoisotopic (exact) mass is 401 g/mol. The molecular weight excluding hydrogens is 374 g/mol. The summed E-state index contributed by atoms with van der Waals surface area (Å²) in [7, 11) is -3.34. The summed E-state index contributed by atoms with van der Waals surface area (Å²) in [5.41, 5.74) is 1.42. The van der Waals surface area contributed by atoms with Crippen molar-refractivity contribution in [1.29, 1.82) is 0 Å². The van der Waals surface area contributed by atoms with Crippen molar-refractivity contribution in [1.82, 2.24) is 10.3 Å². The van der Waals surface area contributed by atoms with Crippen molar-refractivity contribution in [3.05, 3.63) is 53.7 Å². The highest BCUT2D eigenvalue weighted by atomic mass is 32.2. The molecule has 0 bridgehead atoms. The maximum atomic E-state index is 12.5. The van der Waals surface area contributed by atoms with Crippen molar-refractivity contribution >= 4 is 21.6 Å². The van der Waals surface area contributed by atoms with Crippen LogP contribution in [0.4, 0.5) is 5.82 Å². The van der Waals surface area contributed by atoms with Gasteiger partial charge in [0.1, 0.15) is 5.82 Å². The molecular formula is C21H27N3O3S. The number of carbonyl (C=O) groups excluding carboxylic acids is 1. The standard InChI is InChI=1S/C21H27N3O3S/c1-16(2)28(26,27)19-10-8-17(9-11-19)21(25)23-15-18-7-6-12-22-20(18)24-13-4-3-5-14-24/h6-12,16H,3-5,13-15H2,1-2H3,(H,23,25). The molecule has 1 aliphatic rings. The summed E-state index contributed by atoms with van der Waals surface area (Å²) >= 11 is 0. The van der Waals surface area contributed by atoms with Gasteiger partial charge < -0.3 is 10.2 Å². The van der Waals surface area contributed by atoms with Gasteiger partial charge in [0, 0.05) is 37.0 Å². The molecule has 6 nitrogen and oxygen atoms in total. The summed E-state index contributed by atoms with van der Waals surface area (Å²) in [6.45, 7) is 5.64. The quantitative estimate of drug-likeness (QED) is 0.804. The van der Waals surface area contributed by atoms with Gasteiger partial charge in [0.25, 0.3) is 5.91 Å². The first-order chi connectivity index (χ1) is 13.4. The second kappa shape index (κ2) is 8.73. The Morgan fingerprint density at radius 1 is 1.11 bits per heavy atom. The molecule has 7 heteroatoms. The van der Waals surface area contributed by atoms with Gasteiger partial charge in [-0.1, -0.05) is 6.07 Å².